The lowest BCUT2D eigenvalue weighted by atomic mass is 10.4. The van der Waals surface area contributed by atoms with Crippen molar-refractivity contribution < 1.29 is 13.2 Å². The molecule has 94 valence electrons. The van der Waals surface area contributed by atoms with Crippen LogP contribution in [-0.2, 0) is 13.1 Å². The minimum absolute atomic E-state index is 0. The Hall–Kier alpha value is -0.750. The predicted octanol–water partition coefficient (Wildman–Crippen LogP) is 2.37. The summed E-state index contributed by atoms with van der Waals surface area (Å²) in [4.78, 5) is 0. The van der Waals surface area contributed by atoms with Crippen LogP contribution in [0.25, 0.3) is 0 Å². The van der Waals surface area contributed by atoms with E-state index >= 15 is 0 Å². The lowest BCUT2D eigenvalue weighted by molar-refractivity contribution is -0.143. The maximum absolute atomic E-state index is 12.1. The Labute approximate surface area is 98.4 Å². The molecule has 0 fully saturated rings. The number of hydrogen-bond acceptors (Lipinski definition) is 2. The van der Waals surface area contributed by atoms with Gasteiger partial charge in [-0.25, -0.2) is 0 Å². The minimum Gasteiger partial charge on any atom is -0.311 e. The Balaban J connectivity index is 0.00000225. The molecule has 1 N–H and O–H groups in total. The molecule has 0 aliphatic rings. The number of nitrogens with zero attached hydrogens (tertiary/aromatic N) is 2. The van der Waals surface area contributed by atoms with E-state index in [9.17, 15) is 13.2 Å². The number of aromatic nitrogens is 2. The highest BCUT2D eigenvalue weighted by Crippen LogP contribution is 2.17. The monoisotopic (exact) mass is 257 g/mol. The summed E-state index contributed by atoms with van der Waals surface area (Å²) < 4.78 is 37.3. The first kappa shape index (κ1) is 15.2. The second-order valence-electron chi connectivity index (χ2n) is 3.27. The van der Waals surface area contributed by atoms with Gasteiger partial charge in [0.15, 0.2) is 0 Å². The van der Waals surface area contributed by atoms with Gasteiger partial charge in [-0.1, -0.05) is 6.92 Å². The highest BCUT2D eigenvalue weighted by atomic mass is 35.5. The number of rotatable bonds is 5. The third kappa shape index (κ3) is 5.37. The van der Waals surface area contributed by atoms with Crippen molar-refractivity contribution in [3.63, 3.8) is 0 Å². The van der Waals surface area contributed by atoms with Crippen LogP contribution in [0.5, 0.6) is 0 Å². The summed E-state index contributed by atoms with van der Waals surface area (Å²) in [5.74, 6) is 0. The summed E-state index contributed by atoms with van der Waals surface area (Å²) in [5.41, 5.74) is 0.556. The van der Waals surface area contributed by atoms with E-state index in [1.165, 1.54) is 6.20 Å². The molecule has 0 spiro atoms. The maximum Gasteiger partial charge on any atom is 0.408 e. The molecule has 7 heteroatoms. The van der Waals surface area contributed by atoms with Crippen molar-refractivity contribution in [2.24, 2.45) is 0 Å². The van der Waals surface area contributed by atoms with Gasteiger partial charge in [0.25, 0.3) is 0 Å². The summed E-state index contributed by atoms with van der Waals surface area (Å²) in [6.07, 6.45) is -1.88. The van der Waals surface area contributed by atoms with Gasteiger partial charge in [0.05, 0.1) is 5.69 Å². The molecular formula is C9H15ClF3N3. The Kier molecular flexibility index (Phi) is 6.43. The van der Waals surface area contributed by atoms with Crippen LogP contribution in [0.15, 0.2) is 12.3 Å². The van der Waals surface area contributed by atoms with Crippen molar-refractivity contribution in [1.29, 1.82) is 0 Å². The normalized spacial score (nSPS) is 11.2. The quantitative estimate of drug-likeness (QED) is 0.821. The summed E-state index contributed by atoms with van der Waals surface area (Å²) in [7, 11) is 0. The van der Waals surface area contributed by atoms with E-state index in [2.05, 4.69) is 10.4 Å². The van der Waals surface area contributed by atoms with Gasteiger partial charge in [-0.05, 0) is 19.0 Å². The zero-order valence-corrected chi connectivity index (χ0v) is 9.74. The average Bonchev–Trinajstić information content (AvgIpc) is 2.50. The number of hydrogen-bond donors (Lipinski definition) is 1. The zero-order valence-electron chi connectivity index (χ0n) is 8.92. The fourth-order valence-electron chi connectivity index (χ4n) is 1.22. The first-order valence-corrected chi connectivity index (χ1v) is 4.81. The van der Waals surface area contributed by atoms with Crippen LogP contribution in [0.4, 0.5) is 13.2 Å². The molecule has 0 aromatic carbocycles. The number of nitrogens with one attached hydrogen (secondary N) is 1. The van der Waals surface area contributed by atoms with Crippen molar-refractivity contribution in [2.75, 3.05) is 6.54 Å². The van der Waals surface area contributed by atoms with Crippen molar-refractivity contribution in [1.82, 2.24) is 15.1 Å². The van der Waals surface area contributed by atoms with E-state index in [-0.39, 0.29) is 12.4 Å². The van der Waals surface area contributed by atoms with Gasteiger partial charge in [-0.2, -0.15) is 18.3 Å². The summed E-state index contributed by atoms with van der Waals surface area (Å²) in [5, 5.41) is 6.67. The summed E-state index contributed by atoms with van der Waals surface area (Å²) in [6, 6.07) is 1.59. The highest BCUT2D eigenvalue weighted by Gasteiger charge is 2.29. The smallest absolute Gasteiger partial charge is 0.311 e. The van der Waals surface area contributed by atoms with Gasteiger partial charge < -0.3 is 5.32 Å². The predicted molar refractivity (Wildman–Crippen MR) is 57.5 cm³/mol. The Morgan fingerprint density at radius 2 is 2.12 bits per heavy atom. The molecule has 1 heterocycles. The molecule has 0 radical (unpaired) electrons. The van der Waals surface area contributed by atoms with Crippen molar-refractivity contribution >= 4 is 12.4 Å². The molecule has 0 atom stereocenters. The molecule has 1 aromatic heterocycles. The van der Waals surface area contributed by atoms with Gasteiger partial charge in [-0.3, -0.25) is 4.68 Å². The fraction of sp³-hybridized carbons (Fsp3) is 0.667. The summed E-state index contributed by atoms with van der Waals surface area (Å²) in [6.45, 7) is 2.18. The second kappa shape index (κ2) is 6.75. The third-order valence-electron chi connectivity index (χ3n) is 1.87. The van der Waals surface area contributed by atoms with Crippen molar-refractivity contribution in [2.45, 2.75) is 32.6 Å². The number of alkyl halides is 3. The van der Waals surface area contributed by atoms with Crippen LogP contribution in [0.3, 0.4) is 0 Å². The van der Waals surface area contributed by atoms with E-state index < -0.39 is 12.7 Å². The van der Waals surface area contributed by atoms with Crippen LogP contribution in [0, 0.1) is 0 Å². The van der Waals surface area contributed by atoms with Gasteiger partial charge in [0, 0.05) is 12.7 Å². The second-order valence-corrected chi connectivity index (χ2v) is 3.27. The van der Waals surface area contributed by atoms with E-state index in [4.69, 9.17) is 0 Å². The minimum atomic E-state index is -4.22. The Bertz CT molecular complexity index is 298. The standard InChI is InChI=1S/C9H14F3N3.ClH/c1-2-4-13-6-8-3-5-14-15(8)7-9(10,11)12;/h3,5,13H,2,4,6-7H2,1H3;1H. The highest BCUT2D eigenvalue weighted by molar-refractivity contribution is 5.85. The molecule has 0 aliphatic heterocycles. The van der Waals surface area contributed by atoms with Crippen LogP contribution in [-0.4, -0.2) is 22.5 Å². The third-order valence-corrected chi connectivity index (χ3v) is 1.87. The largest absolute Gasteiger partial charge is 0.408 e. The van der Waals surface area contributed by atoms with E-state index in [0.29, 0.717) is 12.2 Å². The molecule has 1 aromatic rings. The lowest BCUT2D eigenvalue weighted by Crippen LogP contribution is -2.23. The summed E-state index contributed by atoms with van der Waals surface area (Å²) >= 11 is 0. The molecule has 0 saturated heterocycles. The first-order valence-electron chi connectivity index (χ1n) is 4.81. The first-order chi connectivity index (χ1) is 7.03. The van der Waals surface area contributed by atoms with Crippen LogP contribution in [0.1, 0.15) is 19.0 Å². The van der Waals surface area contributed by atoms with Crippen molar-refractivity contribution in [3.05, 3.63) is 18.0 Å². The Morgan fingerprint density at radius 1 is 1.44 bits per heavy atom. The number of halogens is 4. The van der Waals surface area contributed by atoms with Gasteiger partial charge in [-0.15, -0.1) is 12.4 Å². The van der Waals surface area contributed by atoms with Gasteiger partial charge in [0.1, 0.15) is 6.54 Å². The van der Waals surface area contributed by atoms with Crippen LogP contribution >= 0.6 is 12.4 Å². The molecule has 0 saturated carbocycles. The van der Waals surface area contributed by atoms with E-state index in [0.717, 1.165) is 17.6 Å². The fourth-order valence-corrected chi connectivity index (χ4v) is 1.22. The molecular weight excluding hydrogens is 243 g/mol. The van der Waals surface area contributed by atoms with Crippen molar-refractivity contribution in [3.8, 4) is 0 Å². The molecule has 0 amide bonds. The molecule has 0 bridgehead atoms. The SMILES string of the molecule is CCCNCc1ccnn1CC(F)(F)F.Cl. The van der Waals surface area contributed by atoms with E-state index in [1.54, 1.807) is 6.07 Å². The molecule has 16 heavy (non-hydrogen) atoms. The van der Waals surface area contributed by atoms with Gasteiger partial charge >= 0.3 is 6.18 Å². The van der Waals surface area contributed by atoms with Gasteiger partial charge in [0.2, 0.25) is 0 Å². The molecule has 0 aliphatic carbocycles. The van der Waals surface area contributed by atoms with Crippen LogP contribution in [0.2, 0.25) is 0 Å². The Morgan fingerprint density at radius 3 is 2.69 bits per heavy atom. The lowest BCUT2D eigenvalue weighted by Gasteiger charge is -2.10. The maximum atomic E-state index is 12.1. The average molecular weight is 258 g/mol. The molecule has 0 unspecified atom stereocenters. The molecule has 3 nitrogen and oxygen atoms in total. The molecule has 1 rings (SSSR count). The zero-order chi connectivity index (χ0) is 11.3. The van der Waals surface area contributed by atoms with Crippen LogP contribution < -0.4 is 5.32 Å². The topological polar surface area (TPSA) is 29.9 Å². The van der Waals surface area contributed by atoms with E-state index in [1.807, 2.05) is 6.92 Å².